The third-order valence-electron chi connectivity index (χ3n) is 2.66. The second-order valence-electron chi connectivity index (χ2n) is 3.83. The summed E-state index contributed by atoms with van der Waals surface area (Å²) < 4.78 is 1.73. The number of thiazole rings is 1. The fourth-order valence-electron chi connectivity index (χ4n) is 1.78. The Morgan fingerprint density at radius 1 is 1.32 bits per heavy atom. The van der Waals surface area contributed by atoms with Crippen molar-refractivity contribution in [2.45, 2.75) is 0 Å². The van der Waals surface area contributed by atoms with E-state index in [2.05, 4.69) is 4.98 Å². The molecule has 0 aliphatic heterocycles. The summed E-state index contributed by atoms with van der Waals surface area (Å²) in [5.74, 6) is -0.951. The molecule has 0 fully saturated rings. The predicted molar refractivity (Wildman–Crippen MR) is 68.5 cm³/mol. The normalized spacial score (nSPS) is 10.9. The molecule has 96 valence electrons. The van der Waals surface area contributed by atoms with Gasteiger partial charge in [0.1, 0.15) is 0 Å². The number of rotatable bonds is 2. The monoisotopic (exact) mass is 277 g/mol. The Kier molecular flexibility index (Phi) is 2.39. The van der Waals surface area contributed by atoms with Crippen LogP contribution in [-0.2, 0) is 0 Å². The zero-order valence-electron chi connectivity index (χ0n) is 9.35. The van der Waals surface area contributed by atoms with Crippen molar-refractivity contribution in [1.82, 2.24) is 9.38 Å². The van der Waals surface area contributed by atoms with Gasteiger partial charge in [0.25, 0.3) is 5.69 Å². The SMILES string of the molecule is O=[N+]([O-])c1cc(O)c(O)cc1-c1cn2ccsc2n1. The van der Waals surface area contributed by atoms with Crippen molar-refractivity contribution in [1.29, 1.82) is 0 Å². The van der Waals surface area contributed by atoms with E-state index in [-0.39, 0.29) is 11.3 Å². The van der Waals surface area contributed by atoms with Gasteiger partial charge in [0, 0.05) is 23.8 Å². The highest BCUT2D eigenvalue weighted by molar-refractivity contribution is 7.15. The molecule has 2 aromatic heterocycles. The van der Waals surface area contributed by atoms with Gasteiger partial charge in [-0.2, -0.15) is 0 Å². The summed E-state index contributed by atoms with van der Waals surface area (Å²) in [5, 5.41) is 31.7. The summed E-state index contributed by atoms with van der Waals surface area (Å²) >= 11 is 1.39. The van der Waals surface area contributed by atoms with Crippen LogP contribution in [0.5, 0.6) is 11.5 Å². The number of hydrogen-bond acceptors (Lipinski definition) is 6. The second kappa shape index (κ2) is 3.95. The lowest BCUT2D eigenvalue weighted by Crippen LogP contribution is -1.92. The lowest BCUT2D eigenvalue weighted by atomic mass is 10.1. The van der Waals surface area contributed by atoms with Crippen LogP contribution in [0, 0.1) is 10.1 Å². The Hall–Kier alpha value is -2.61. The van der Waals surface area contributed by atoms with Crippen LogP contribution in [0.4, 0.5) is 5.69 Å². The molecule has 0 aliphatic rings. The van der Waals surface area contributed by atoms with Crippen molar-refractivity contribution < 1.29 is 15.1 Å². The van der Waals surface area contributed by atoms with E-state index in [0.717, 1.165) is 12.1 Å². The Balaban J connectivity index is 2.26. The molecule has 0 saturated heterocycles. The number of imidazole rings is 1. The number of nitro groups is 1. The standard InChI is InChI=1S/C11H7N3O4S/c15-9-3-6(8(14(17)18)4-10(9)16)7-5-13-1-2-19-11(13)12-7/h1-5,15-16H. The van der Waals surface area contributed by atoms with Crippen molar-refractivity contribution in [3.8, 4) is 22.8 Å². The average molecular weight is 277 g/mol. The molecule has 0 atom stereocenters. The molecule has 2 heterocycles. The number of nitro benzene ring substituents is 1. The number of phenolic OH excluding ortho intramolecular Hbond substituents is 2. The van der Waals surface area contributed by atoms with Gasteiger partial charge in [-0.15, -0.1) is 11.3 Å². The van der Waals surface area contributed by atoms with Gasteiger partial charge in [-0.25, -0.2) is 4.98 Å². The van der Waals surface area contributed by atoms with E-state index >= 15 is 0 Å². The van der Waals surface area contributed by atoms with Crippen LogP contribution in [0.25, 0.3) is 16.2 Å². The number of hydrogen-bond donors (Lipinski definition) is 2. The fraction of sp³-hybridized carbons (Fsp3) is 0. The maximum absolute atomic E-state index is 11.0. The van der Waals surface area contributed by atoms with E-state index in [9.17, 15) is 20.3 Å². The van der Waals surface area contributed by atoms with Crippen LogP contribution in [-0.4, -0.2) is 24.5 Å². The number of phenols is 2. The van der Waals surface area contributed by atoms with Gasteiger partial charge in [0.05, 0.1) is 22.2 Å². The van der Waals surface area contributed by atoms with Gasteiger partial charge in [-0.05, 0) is 0 Å². The fourth-order valence-corrected chi connectivity index (χ4v) is 2.48. The van der Waals surface area contributed by atoms with Crippen LogP contribution < -0.4 is 0 Å². The smallest absolute Gasteiger partial charge is 0.282 e. The largest absolute Gasteiger partial charge is 0.504 e. The van der Waals surface area contributed by atoms with E-state index in [1.54, 1.807) is 16.8 Å². The summed E-state index contributed by atoms with van der Waals surface area (Å²) in [6.45, 7) is 0. The number of benzene rings is 1. The molecule has 0 saturated carbocycles. The number of aromatic nitrogens is 2. The first-order valence-corrected chi connectivity index (χ1v) is 6.07. The maximum atomic E-state index is 11.0. The van der Waals surface area contributed by atoms with Crippen LogP contribution >= 0.6 is 11.3 Å². The van der Waals surface area contributed by atoms with Crippen molar-refractivity contribution in [2.75, 3.05) is 0 Å². The Morgan fingerprint density at radius 2 is 2.05 bits per heavy atom. The first-order valence-electron chi connectivity index (χ1n) is 5.19. The molecule has 0 radical (unpaired) electrons. The zero-order valence-corrected chi connectivity index (χ0v) is 10.2. The first-order chi connectivity index (χ1) is 9.06. The molecule has 1 aromatic carbocycles. The van der Waals surface area contributed by atoms with Gasteiger partial charge < -0.3 is 10.2 Å². The van der Waals surface area contributed by atoms with E-state index in [1.165, 1.54) is 11.3 Å². The third kappa shape index (κ3) is 1.78. The number of fused-ring (bicyclic) bond motifs is 1. The van der Waals surface area contributed by atoms with Crippen LogP contribution in [0.3, 0.4) is 0 Å². The van der Waals surface area contributed by atoms with Crippen molar-refractivity contribution in [3.63, 3.8) is 0 Å². The molecule has 19 heavy (non-hydrogen) atoms. The Bertz CT molecular complexity index is 764. The van der Waals surface area contributed by atoms with Crippen LogP contribution in [0.15, 0.2) is 29.9 Å². The molecule has 7 nitrogen and oxygen atoms in total. The van der Waals surface area contributed by atoms with Gasteiger partial charge in [-0.3, -0.25) is 14.5 Å². The first kappa shape index (κ1) is 11.5. The van der Waals surface area contributed by atoms with Crippen LogP contribution in [0.1, 0.15) is 0 Å². The van der Waals surface area contributed by atoms with Gasteiger partial charge in [0.15, 0.2) is 16.5 Å². The topological polar surface area (TPSA) is 101 Å². The summed E-state index contributed by atoms with van der Waals surface area (Å²) in [5.41, 5.74) is 0.228. The molecule has 0 unspecified atom stereocenters. The van der Waals surface area contributed by atoms with E-state index in [1.807, 2.05) is 5.38 Å². The average Bonchev–Trinajstić information content (AvgIpc) is 2.92. The highest BCUT2D eigenvalue weighted by Gasteiger charge is 2.21. The number of nitrogens with zero attached hydrogens (tertiary/aromatic N) is 3. The van der Waals surface area contributed by atoms with Crippen molar-refractivity contribution in [3.05, 3.63) is 40.0 Å². The Labute approximate surface area is 110 Å². The zero-order chi connectivity index (χ0) is 13.6. The summed E-state index contributed by atoms with van der Waals surface area (Å²) in [6.07, 6.45) is 3.41. The molecule has 2 N–H and O–H groups in total. The van der Waals surface area contributed by atoms with Crippen LogP contribution in [0.2, 0.25) is 0 Å². The predicted octanol–water partition coefficient (Wildman–Crippen LogP) is 2.38. The minimum absolute atomic E-state index is 0.163. The van der Waals surface area contributed by atoms with E-state index < -0.39 is 16.4 Å². The molecule has 0 bridgehead atoms. The molecule has 3 aromatic rings. The van der Waals surface area contributed by atoms with Gasteiger partial charge >= 0.3 is 0 Å². The molecule has 0 aliphatic carbocycles. The second-order valence-corrected chi connectivity index (χ2v) is 4.71. The molecule has 0 amide bonds. The molecule has 0 spiro atoms. The lowest BCUT2D eigenvalue weighted by molar-refractivity contribution is -0.384. The summed E-state index contributed by atoms with van der Waals surface area (Å²) in [6, 6.07) is 2.05. The van der Waals surface area contributed by atoms with Gasteiger partial charge in [0.2, 0.25) is 0 Å². The van der Waals surface area contributed by atoms with Gasteiger partial charge in [-0.1, -0.05) is 0 Å². The summed E-state index contributed by atoms with van der Waals surface area (Å²) in [4.78, 5) is 15.3. The highest BCUT2D eigenvalue weighted by atomic mass is 32.1. The van der Waals surface area contributed by atoms with E-state index in [4.69, 9.17) is 0 Å². The highest BCUT2D eigenvalue weighted by Crippen LogP contribution is 2.38. The minimum atomic E-state index is -0.623. The summed E-state index contributed by atoms with van der Waals surface area (Å²) in [7, 11) is 0. The lowest BCUT2D eigenvalue weighted by Gasteiger charge is -2.02. The van der Waals surface area contributed by atoms with Crippen molar-refractivity contribution in [2.24, 2.45) is 0 Å². The molecule has 8 heteroatoms. The number of aromatic hydroxyl groups is 2. The third-order valence-corrected chi connectivity index (χ3v) is 3.43. The van der Waals surface area contributed by atoms with Crippen molar-refractivity contribution >= 4 is 22.0 Å². The molecular formula is C11H7N3O4S. The molecular weight excluding hydrogens is 270 g/mol. The maximum Gasteiger partial charge on any atom is 0.282 e. The quantitative estimate of drug-likeness (QED) is 0.425. The minimum Gasteiger partial charge on any atom is -0.504 e. The Morgan fingerprint density at radius 3 is 2.74 bits per heavy atom. The van der Waals surface area contributed by atoms with E-state index in [0.29, 0.717) is 10.7 Å². The molecule has 3 rings (SSSR count).